The van der Waals surface area contributed by atoms with E-state index in [1.54, 1.807) is 13.8 Å². The first-order valence-electron chi connectivity index (χ1n) is 12.4. The van der Waals surface area contributed by atoms with Crippen LogP contribution in [0.3, 0.4) is 0 Å². The fourth-order valence-corrected chi connectivity index (χ4v) is 6.23. The predicted octanol–water partition coefficient (Wildman–Crippen LogP) is 3.13. The number of carboxylic acid groups (broad SMARTS) is 1. The lowest BCUT2D eigenvalue weighted by atomic mass is 9.96. The third kappa shape index (κ3) is 7.36. The lowest BCUT2D eigenvalue weighted by Crippen LogP contribution is -2.70. The van der Waals surface area contributed by atoms with Crippen LogP contribution in [0, 0.1) is 0 Å². The minimum Gasteiger partial charge on any atom is -0.548 e. The molecule has 7 heteroatoms. The first-order valence-corrected chi connectivity index (χ1v) is 13.3. The number of amides is 1. The Labute approximate surface area is 194 Å². The van der Waals surface area contributed by atoms with Crippen molar-refractivity contribution < 1.29 is 19.2 Å². The third-order valence-corrected chi connectivity index (χ3v) is 8.24. The summed E-state index contributed by atoms with van der Waals surface area (Å²) in [7, 11) is 0. The predicted molar refractivity (Wildman–Crippen MR) is 128 cm³/mol. The Morgan fingerprint density at radius 1 is 0.968 bits per heavy atom. The number of hydrogen-bond acceptors (Lipinski definition) is 5. The molecule has 0 saturated carbocycles. The molecule has 6 nitrogen and oxygen atoms in total. The van der Waals surface area contributed by atoms with Crippen LogP contribution in [0.15, 0.2) is 0 Å². The van der Waals surface area contributed by atoms with Crippen molar-refractivity contribution in [3.63, 3.8) is 0 Å². The maximum atomic E-state index is 11.3. The minimum atomic E-state index is -1.20. The van der Waals surface area contributed by atoms with E-state index in [4.69, 9.17) is 5.73 Å². The van der Waals surface area contributed by atoms with Crippen molar-refractivity contribution >= 4 is 23.6 Å². The first-order chi connectivity index (χ1) is 14.6. The van der Waals surface area contributed by atoms with Crippen LogP contribution in [0.4, 0.5) is 0 Å². The Balaban J connectivity index is 0.000000314. The number of carboxylic acids is 1. The second kappa shape index (κ2) is 13.0. The Kier molecular flexibility index (Phi) is 11.9. The van der Waals surface area contributed by atoms with Gasteiger partial charge in [0.25, 0.3) is 0 Å². The number of nitrogens with two attached hydrogens (primary N) is 1. The molecular formula is C24H47N3O3S. The van der Waals surface area contributed by atoms with E-state index in [-0.39, 0.29) is 11.3 Å². The van der Waals surface area contributed by atoms with Crippen molar-refractivity contribution in [2.24, 2.45) is 5.73 Å². The summed E-state index contributed by atoms with van der Waals surface area (Å²) >= 11 is 1.43. The monoisotopic (exact) mass is 457 g/mol. The van der Waals surface area contributed by atoms with Crippen molar-refractivity contribution in [3.8, 4) is 0 Å². The van der Waals surface area contributed by atoms with E-state index in [0.29, 0.717) is 0 Å². The molecule has 0 bridgehead atoms. The topological polar surface area (TPSA) is 86.5 Å². The fourth-order valence-electron chi connectivity index (χ4n) is 4.67. The molecule has 0 radical (unpaired) electrons. The minimum absolute atomic E-state index is 0.194. The van der Waals surface area contributed by atoms with Crippen molar-refractivity contribution in [1.29, 1.82) is 0 Å². The summed E-state index contributed by atoms with van der Waals surface area (Å²) in [5.74, 6) is -1.49. The third-order valence-electron chi connectivity index (χ3n) is 6.65. The molecule has 0 aromatic carbocycles. The molecule has 182 valence electrons. The molecular weight excluding hydrogens is 410 g/mol. The molecule has 2 aliphatic heterocycles. The highest BCUT2D eigenvalue weighted by Gasteiger charge is 2.60. The highest BCUT2D eigenvalue weighted by atomic mass is 32.2. The second-order valence-corrected chi connectivity index (χ2v) is 11.5. The van der Waals surface area contributed by atoms with E-state index in [0.717, 1.165) is 0 Å². The smallest absolute Gasteiger partial charge is 0.244 e. The van der Waals surface area contributed by atoms with Gasteiger partial charge in [0, 0.05) is 4.75 Å². The average Bonchev–Trinajstić information content (AvgIpc) is 3.01. The van der Waals surface area contributed by atoms with Crippen LogP contribution >= 0.6 is 11.8 Å². The average molecular weight is 458 g/mol. The van der Waals surface area contributed by atoms with E-state index < -0.39 is 22.8 Å². The largest absolute Gasteiger partial charge is 0.548 e. The Morgan fingerprint density at radius 2 is 1.35 bits per heavy atom. The van der Waals surface area contributed by atoms with Gasteiger partial charge in [-0.25, -0.2) is 0 Å². The summed E-state index contributed by atoms with van der Waals surface area (Å²) in [6.45, 7) is 18.6. The fraction of sp³-hybridized carbons (Fsp3) is 0.917. The Morgan fingerprint density at radius 3 is 1.68 bits per heavy atom. The molecule has 0 aromatic heterocycles. The lowest BCUT2D eigenvalue weighted by molar-refractivity contribution is -0.929. The van der Waals surface area contributed by atoms with Gasteiger partial charge < -0.3 is 25.0 Å². The van der Waals surface area contributed by atoms with Crippen LogP contribution in [0.25, 0.3) is 0 Å². The maximum Gasteiger partial charge on any atom is 0.244 e. The lowest BCUT2D eigenvalue weighted by Gasteiger charge is -2.43. The summed E-state index contributed by atoms with van der Waals surface area (Å²) in [5.41, 5.74) is 5.57. The van der Waals surface area contributed by atoms with Gasteiger partial charge in [0.2, 0.25) is 5.91 Å². The number of thioether (sulfide) groups is 1. The quantitative estimate of drug-likeness (QED) is 0.339. The number of carbonyl (C=O) groups excluding carboxylic acids is 2. The maximum absolute atomic E-state index is 11.3. The number of rotatable bonds is 13. The molecule has 2 saturated heterocycles. The zero-order chi connectivity index (χ0) is 23.7. The van der Waals surface area contributed by atoms with Gasteiger partial charge in [-0.3, -0.25) is 4.79 Å². The molecule has 3 atom stereocenters. The van der Waals surface area contributed by atoms with E-state index in [9.17, 15) is 14.7 Å². The molecule has 0 aromatic rings. The molecule has 2 N–H and O–H groups in total. The van der Waals surface area contributed by atoms with Crippen molar-refractivity contribution in [3.05, 3.63) is 0 Å². The van der Waals surface area contributed by atoms with Crippen LogP contribution < -0.4 is 10.8 Å². The number of hydrogen-bond donors (Lipinski definition) is 1. The van der Waals surface area contributed by atoms with E-state index >= 15 is 0 Å². The number of carbonyl (C=O) groups is 2. The summed E-state index contributed by atoms with van der Waals surface area (Å²) in [5, 5.41) is 10.7. The molecule has 0 unspecified atom stereocenters. The molecule has 1 amide bonds. The van der Waals surface area contributed by atoms with Crippen molar-refractivity contribution in [2.45, 2.75) is 115 Å². The van der Waals surface area contributed by atoms with Crippen LogP contribution in [0.1, 0.15) is 92.9 Å². The van der Waals surface area contributed by atoms with Gasteiger partial charge in [-0.15, -0.1) is 11.8 Å². The zero-order valence-corrected chi connectivity index (χ0v) is 21.6. The molecule has 0 spiro atoms. The van der Waals surface area contributed by atoms with Gasteiger partial charge in [-0.05, 0) is 39.5 Å². The van der Waals surface area contributed by atoms with Crippen LogP contribution in [-0.2, 0) is 9.59 Å². The highest BCUT2D eigenvalue weighted by Crippen LogP contribution is 2.49. The number of β-lactam (4-membered cyclic amide) rings is 1. The number of quaternary nitrogens is 1. The van der Waals surface area contributed by atoms with Gasteiger partial charge in [0.05, 0.1) is 38.2 Å². The van der Waals surface area contributed by atoms with Gasteiger partial charge in [-0.2, -0.15) is 0 Å². The molecule has 2 rings (SSSR count). The number of fused-ring (bicyclic) bond motifs is 1. The Hall–Kier alpha value is -0.790. The van der Waals surface area contributed by atoms with Gasteiger partial charge in [0.1, 0.15) is 11.4 Å². The van der Waals surface area contributed by atoms with Crippen LogP contribution in [0.2, 0.25) is 0 Å². The number of aliphatic carboxylic acids is 1. The summed E-state index contributed by atoms with van der Waals surface area (Å²) in [6.07, 6.45) is 11.1. The van der Waals surface area contributed by atoms with Gasteiger partial charge in [0.15, 0.2) is 0 Å². The molecule has 2 heterocycles. The summed E-state index contributed by atoms with van der Waals surface area (Å²) in [6, 6.07) is -1.41. The van der Waals surface area contributed by atoms with E-state index in [2.05, 4.69) is 27.7 Å². The molecule has 2 aliphatic rings. The van der Waals surface area contributed by atoms with Crippen LogP contribution in [0.5, 0.6) is 0 Å². The van der Waals surface area contributed by atoms with E-state index in [1.807, 2.05) is 0 Å². The van der Waals surface area contributed by atoms with Gasteiger partial charge in [-0.1, -0.05) is 53.4 Å². The number of unbranched alkanes of at least 4 members (excludes halogenated alkanes) is 4. The SMILES string of the molecule is CC1(C)S[C@@H]2[C@H](N)C(=O)N2[C@H]1C(=O)[O-].CCCC[N+](CCCC)(CCCC)CCCC. The first kappa shape index (κ1) is 28.2. The van der Waals surface area contributed by atoms with Crippen molar-refractivity contribution in [1.82, 2.24) is 4.90 Å². The normalized spacial score (nSPS) is 24.3. The number of nitrogens with zero attached hydrogens (tertiary/aromatic N) is 2. The standard InChI is InChI=1S/C16H36N.C8H12N2O3S/c1-5-9-13-17(14-10-6-2,15-11-7-3)16-12-8-4;1-8(2)4(7(12)13)10-5(11)3(9)6(10)14-8/h5-16H2,1-4H3;3-4,6H,9H2,1-2H3,(H,12,13)/q+1;/p-1/t;3-,4+,6-/m.1/s1. The van der Waals surface area contributed by atoms with Gasteiger partial charge >= 0.3 is 0 Å². The summed E-state index contributed by atoms with van der Waals surface area (Å²) < 4.78 is 0.899. The Bertz CT molecular complexity index is 533. The molecule has 0 aliphatic carbocycles. The molecule has 2 fully saturated rings. The van der Waals surface area contributed by atoms with Crippen LogP contribution in [-0.4, -0.2) is 69.6 Å². The highest BCUT2D eigenvalue weighted by molar-refractivity contribution is 8.01. The molecule has 31 heavy (non-hydrogen) atoms. The van der Waals surface area contributed by atoms with E-state index in [1.165, 1.54) is 98.7 Å². The van der Waals surface area contributed by atoms with Crippen molar-refractivity contribution in [2.75, 3.05) is 26.2 Å². The zero-order valence-electron chi connectivity index (χ0n) is 20.8. The second-order valence-electron chi connectivity index (χ2n) is 9.76. The summed E-state index contributed by atoms with van der Waals surface area (Å²) in [4.78, 5) is 23.6.